The Balaban J connectivity index is 2.02. The first-order valence-electron chi connectivity index (χ1n) is 11.1. The van der Waals surface area contributed by atoms with Crippen molar-refractivity contribution in [1.29, 1.82) is 5.26 Å². The Kier molecular flexibility index (Phi) is 9.04. The lowest BCUT2D eigenvalue weighted by molar-refractivity contribution is -0.300. The van der Waals surface area contributed by atoms with Gasteiger partial charge < -0.3 is 23.7 Å². The van der Waals surface area contributed by atoms with E-state index in [4.69, 9.17) is 40.5 Å². The molecule has 0 unspecified atom stereocenters. The van der Waals surface area contributed by atoms with E-state index in [9.17, 15) is 14.4 Å². The molecule has 0 spiro atoms. The van der Waals surface area contributed by atoms with Crippen LogP contribution in [0.4, 0.5) is 0 Å². The zero-order valence-electron chi connectivity index (χ0n) is 20.2. The van der Waals surface area contributed by atoms with Gasteiger partial charge in [-0.2, -0.15) is 5.26 Å². The van der Waals surface area contributed by atoms with Crippen LogP contribution in [0.5, 0.6) is 0 Å². The van der Waals surface area contributed by atoms with Crippen LogP contribution in [0, 0.1) is 11.3 Å². The molecule has 0 radical (unpaired) electrons. The Bertz CT molecular complexity index is 1160. The summed E-state index contributed by atoms with van der Waals surface area (Å²) in [7, 11) is 1.35. The fraction of sp³-hybridized carbons (Fsp3) is 0.385. The summed E-state index contributed by atoms with van der Waals surface area (Å²) in [5, 5.41) is 9.53. The van der Waals surface area contributed by atoms with Gasteiger partial charge in [0, 0.05) is 32.9 Å². The lowest BCUT2D eigenvalue weighted by Gasteiger charge is -2.44. The third-order valence-corrected chi connectivity index (χ3v) is 5.88. The van der Waals surface area contributed by atoms with Crippen LogP contribution in [0.1, 0.15) is 49.1 Å². The number of benzene rings is 2. The number of halogens is 1. The highest BCUT2D eigenvalue weighted by atomic mass is 35.5. The molecular weight excluding hydrogens is 490 g/mol. The molecule has 0 aliphatic carbocycles. The average Bonchev–Trinajstić information content (AvgIpc) is 2.82. The van der Waals surface area contributed by atoms with E-state index in [2.05, 4.69) is 6.07 Å². The summed E-state index contributed by atoms with van der Waals surface area (Å²) in [5.74, 6) is -1.96. The summed E-state index contributed by atoms with van der Waals surface area (Å²) in [6.45, 7) is 3.60. The Hall–Kier alpha value is -3.45. The number of nitriles is 1. The number of esters is 3. The molecule has 1 aliphatic heterocycles. The van der Waals surface area contributed by atoms with Crippen molar-refractivity contribution in [2.24, 2.45) is 0 Å². The van der Waals surface area contributed by atoms with Gasteiger partial charge in [-0.25, -0.2) is 0 Å². The highest BCUT2D eigenvalue weighted by Crippen LogP contribution is 2.39. The first-order valence-corrected chi connectivity index (χ1v) is 11.5. The third kappa shape index (κ3) is 6.61. The number of nitrogens with zero attached hydrogens (tertiary/aromatic N) is 1. The topological polar surface area (TPSA) is 121 Å². The Morgan fingerprint density at radius 3 is 2.06 bits per heavy atom. The predicted molar refractivity (Wildman–Crippen MR) is 127 cm³/mol. The summed E-state index contributed by atoms with van der Waals surface area (Å²) in [6, 6.07) is 14.4. The van der Waals surface area contributed by atoms with E-state index in [1.54, 1.807) is 30.3 Å². The van der Waals surface area contributed by atoms with E-state index >= 15 is 0 Å². The van der Waals surface area contributed by atoms with E-state index in [0.717, 1.165) is 11.1 Å². The first-order chi connectivity index (χ1) is 17.1. The zero-order valence-corrected chi connectivity index (χ0v) is 21.0. The van der Waals surface area contributed by atoms with Gasteiger partial charge in [-0.15, -0.1) is 0 Å². The SMILES string of the molecule is CO[C@H]1O[C@@H](c2ccc(Cl)c(Cc3ccc(C#N)cc3)c2)[C@H](OC(C)=O)[C@@H](OC(C)=O)[C@@H]1OC(C)=O. The van der Waals surface area contributed by atoms with Gasteiger partial charge in [0.25, 0.3) is 0 Å². The lowest BCUT2D eigenvalue weighted by Crippen LogP contribution is -2.58. The summed E-state index contributed by atoms with van der Waals surface area (Å²) in [5.41, 5.74) is 2.80. The summed E-state index contributed by atoms with van der Waals surface area (Å²) >= 11 is 6.47. The lowest BCUT2D eigenvalue weighted by atomic mass is 9.91. The van der Waals surface area contributed by atoms with Crippen LogP contribution < -0.4 is 0 Å². The molecule has 1 aliphatic rings. The van der Waals surface area contributed by atoms with E-state index in [1.807, 2.05) is 12.1 Å². The van der Waals surface area contributed by atoms with Gasteiger partial charge >= 0.3 is 17.9 Å². The van der Waals surface area contributed by atoms with E-state index in [-0.39, 0.29) is 0 Å². The fourth-order valence-electron chi connectivity index (χ4n) is 4.06. The summed E-state index contributed by atoms with van der Waals surface area (Å²) < 4.78 is 27.8. The second-order valence-electron chi connectivity index (χ2n) is 8.22. The van der Waals surface area contributed by atoms with Crippen LogP contribution in [-0.2, 0) is 44.5 Å². The van der Waals surface area contributed by atoms with E-state index in [1.165, 1.54) is 27.9 Å². The normalized spacial score (nSPS) is 23.3. The molecule has 0 aromatic heterocycles. The Labute approximate surface area is 213 Å². The monoisotopic (exact) mass is 515 g/mol. The zero-order chi connectivity index (χ0) is 26.4. The van der Waals surface area contributed by atoms with Gasteiger partial charge in [0.05, 0.1) is 11.6 Å². The minimum absolute atomic E-state index is 0.459. The van der Waals surface area contributed by atoms with Crippen molar-refractivity contribution in [2.75, 3.05) is 7.11 Å². The smallest absolute Gasteiger partial charge is 0.303 e. The molecule has 10 heteroatoms. The molecule has 0 saturated carbocycles. The molecular formula is C26H26ClNO8. The van der Waals surface area contributed by atoms with Crippen molar-refractivity contribution < 1.29 is 38.1 Å². The number of rotatable bonds is 7. The van der Waals surface area contributed by atoms with Crippen LogP contribution in [0.2, 0.25) is 5.02 Å². The van der Waals surface area contributed by atoms with Gasteiger partial charge in [0.1, 0.15) is 6.10 Å². The number of ether oxygens (including phenoxy) is 5. The largest absolute Gasteiger partial charge is 0.455 e. The van der Waals surface area contributed by atoms with Crippen LogP contribution in [-0.4, -0.2) is 49.6 Å². The highest BCUT2D eigenvalue weighted by molar-refractivity contribution is 6.31. The van der Waals surface area contributed by atoms with Crippen LogP contribution in [0.15, 0.2) is 42.5 Å². The fourth-order valence-corrected chi connectivity index (χ4v) is 4.24. The van der Waals surface area contributed by atoms with Crippen molar-refractivity contribution >= 4 is 29.5 Å². The highest BCUT2D eigenvalue weighted by Gasteiger charge is 2.52. The van der Waals surface area contributed by atoms with Crippen LogP contribution in [0.3, 0.4) is 0 Å². The van der Waals surface area contributed by atoms with Gasteiger partial charge in [-0.05, 0) is 41.3 Å². The molecule has 36 heavy (non-hydrogen) atoms. The average molecular weight is 516 g/mol. The first kappa shape index (κ1) is 27.1. The van der Waals surface area contributed by atoms with Crippen molar-refractivity contribution in [3.05, 3.63) is 69.7 Å². The molecule has 9 nitrogen and oxygen atoms in total. The molecule has 5 atom stereocenters. The molecule has 2 aromatic rings. The number of hydrogen-bond acceptors (Lipinski definition) is 9. The predicted octanol–water partition coefficient (Wildman–Crippen LogP) is 3.64. The maximum atomic E-state index is 12.0. The summed E-state index contributed by atoms with van der Waals surface area (Å²) in [4.78, 5) is 35.7. The number of carbonyl (C=O) groups is 3. The van der Waals surface area contributed by atoms with Crippen molar-refractivity contribution in [2.45, 2.75) is 57.9 Å². The maximum Gasteiger partial charge on any atom is 0.303 e. The minimum atomic E-state index is -1.20. The number of methoxy groups -OCH3 is 1. The molecule has 0 N–H and O–H groups in total. The second-order valence-corrected chi connectivity index (χ2v) is 8.63. The molecule has 190 valence electrons. The molecule has 1 heterocycles. The Morgan fingerprint density at radius 2 is 1.50 bits per heavy atom. The quantitative estimate of drug-likeness (QED) is 0.401. The van der Waals surface area contributed by atoms with Crippen LogP contribution >= 0.6 is 11.6 Å². The van der Waals surface area contributed by atoms with Gasteiger partial charge in [-0.3, -0.25) is 14.4 Å². The molecule has 2 aromatic carbocycles. The molecule has 0 bridgehead atoms. The van der Waals surface area contributed by atoms with Crippen molar-refractivity contribution in [3.63, 3.8) is 0 Å². The molecule has 3 rings (SSSR count). The standard InChI is InChI=1S/C26H26ClNO8/c1-14(29)33-23-22(36-26(32-4)25(35-16(3)31)24(23)34-15(2)30)19-9-10-21(27)20(12-19)11-17-5-7-18(13-28)8-6-17/h5-10,12,22-26H,11H2,1-4H3/t22-,23-,24+,25-,26-/m0/s1. The van der Waals surface area contributed by atoms with Gasteiger partial charge in [-0.1, -0.05) is 35.9 Å². The third-order valence-electron chi connectivity index (χ3n) is 5.51. The second kappa shape index (κ2) is 12.0. The van der Waals surface area contributed by atoms with Gasteiger partial charge in [0.15, 0.2) is 24.6 Å². The number of carbonyl (C=O) groups excluding carboxylic acids is 3. The van der Waals surface area contributed by atoms with E-state index in [0.29, 0.717) is 22.6 Å². The van der Waals surface area contributed by atoms with E-state index < -0.39 is 48.6 Å². The maximum absolute atomic E-state index is 12.0. The Morgan fingerprint density at radius 1 is 0.917 bits per heavy atom. The van der Waals surface area contributed by atoms with Gasteiger partial charge in [0.2, 0.25) is 0 Å². The molecule has 0 amide bonds. The minimum Gasteiger partial charge on any atom is -0.455 e. The molecule has 1 fully saturated rings. The van der Waals surface area contributed by atoms with Crippen molar-refractivity contribution in [1.82, 2.24) is 0 Å². The number of hydrogen-bond donors (Lipinski definition) is 0. The summed E-state index contributed by atoms with van der Waals surface area (Å²) in [6.07, 6.45) is -5.12. The van der Waals surface area contributed by atoms with Crippen molar-refractivity contribution in [3.8, 4) is 6.07 Å². The van der Waals surface area contributed by atoms with Crippen LogP contribution in [0.25, 0.3) is 0 Å². The molecule has 1 saturated heterocycles.